The molecule has 0 radical (unpaired) electrons. The third-order valence-electron chi connectivity index (χ3n) is 6.44. The summed E-state index contributed by atoms with van der Waals surface area (Å²) in [4.78, 5) is 51.3. The zero-order valence-corrected chi connectivity index (χ0v) is 23.3. The van der Waals surface area contributed by atoms with Crippen molar-refractivity contribution in [3.63, 3.8) is 0 Å². The number of rotatable bonds is 10. The molecule has 0 saturated carbocycles. The fourth-order valence-corrected chi connectivity index (χ4v) is 9.69. The Labute approximate surface area is 208 Å². The molecule has 2 N–H and O–H groups in total. The van der Waals surface area contributed by atoms with E-state index in [1.807, 2.05) is 34.6 Å². The molecule has 8 nitrogen and oxygen atoms in total. The average molecular weight is 529 g/mol. The van der Waals surface area contributed by atoms with E-state index in [1.54, 1.807) is 10.8 Å². The van der Waals surface area contributed by atoms with Crippen LogP contribution in [-0.2, 0) is 19.1 Å². The van der Waals surface area contributed by atoms with Crippen LogP contribution < -0.4 is 10.6 Å². The summed E-state index contributed by atoms with van der Waals surface area (Å²) >= 11 is 2.44. The topological polar surface area (TPSA) is 111 Å². The summed E-state index contributed by atoms with van der Waals surface area (Å²) in [5.41, 5.74) is 2.11. The Morgan fingerprint density at radius 2 is 1.32 bits per heavy atom. The number of carbonyl (C=O) groups excluding carboxylic acids is 4. The van der Waals surface area contributed by atoms with E-state index in [-0.39, 0.29) is 23.6 Å². The molecule has 2 rings (SSSR count). The van der Waals surface area contributed by atoms with Crippen LogP contribution in [0.5, 0.6) is 0 Å². The van der Waals surface area contributed by atoms with Crippen molar-refractivity contribution in [2.45, 2.75) is 40.3 Å². The van der Waals surface area contributed by atoms with Gasteiger partial charge in [0.1, 0.15) is 0 Å². The molecule has 11 heteroatoms. The zero-order valence-electron chi connectivity index (χ0n) is 20.6. The van der Waals surface area contributed by atoms with E-state index >= 15 is 0 Å². The Hall–Kier alpha value is -2.29. The van der Waals surface area contributed by atoms with Crippen molar-refractivity contribution < 1.29 is 28.7 Å². The van der Waals surface area contributed by atoms with E-state index in [0.717, 1.165) is 23.5 Å². The third kappa shape index (κ3) is 5.85. The number of thiophene rings is 2. The first kappa shape index (κ1) is 28.0. The van der Waals surface area contributed by atoms with Crippen molar-refractivity contribution in [1.29, 1.82) is 0 Å². The summed E-state index contributed by atoms with van der Waals surface area (Å²) in [5.74, 6) is -1.42. The van der Waals surface area contributed by atoms with Gasteiger partial charge in [0.25, 0.3) is 0 Å². The molecule has 188 valence electrons. The second kappa shape index (κ2) is 11.9. The molecule has 0 bridgehead atoms. The SMILES string of the molecule is CC[PH](CC)(CC(=O)Nc1c(C)csc1C(=O)OC)C(C)C(=O)Nc1c(C)csc1C(=O)OC. The van der Waals surface area contributed by atoms with Gasteiger partial charge in [0, 0.05) is 0 Å². The van der Waals surface area contributed by atoms with Crippen LogP contribution in [0.3, 0.4) is 0 Å². The van der Waals surface area contributed by atoms with Crippen LogP contribution >= 0.6 is 29.9 Å². The van der Waals surface area contributed by atoms with Gasteiger partial charge in [-0.3, -0.25) is 0 Å². The maximum atomic E-state index is 13.3. The number of nitrogens with one attached hydrogen (secondary N) is 2. The summed E-state index contributed by atoms with van der Waals surface area (Å²) in [7, 11) is 0.174. The van der Waals surface area contributed by atoms with Crippen molar-refractivity contribution in [2.75, 3.05) is 43.3 Å². The van der Waals surface area contributed by atoms with Crippen LogP contribution in [0.4, 0.5) is 11.4 Å². The number of methoxy groups -OCH3 is 2. The van der Waals surface area contributed by atoms with Gasteiger partial charge in [-0.1, -0.05) is 0 Å². The molecule has 1 atom stereocenters. The number of carbonyl (C=O) groups is 4. The summed E-state index contributed by atoms with van der Waals surface area (Å²) in [6.07, 6.45) is 1.69. The number of ether oxygens (including phenoxy) is 2. The van der Waals surface area contributed by atoms with Gasteiger partial charge in [-0.2, -0.15) is 0 Å². The molecule has 2 amide bonds. The molecule has 0 fully saturated rings. The first-order chi connectivity index (χ1) is 16.0. The summed E-state index contributed by atoms with van der Waals surface area (Å²) in [6.45, 7) is 9.53. The van der Waals surface area contributed by atoms with E-state index in [4.69, 9.17) is 9.47 Å². The minimum absolute atomic E-state index is 0.211. The average Bonchev–Trinajstić information content (AvgIpc) is 3.38. The summed E-state index contributed by atoms with van der Waals surface area (Å²) in [5, 5.41) is 9.41. The van der Waals surface area contributed by atoms with Crippen LogP contribution in [0.15, 0.2) is 10.8 Å². The normalized spacial score (nSPS) is 12.6. The quantitative estimate of drug-likeness (QED) is 0.340. The van der Waals surface area contributed by atoms with Crippen LogP contribution in [0.25, 0.3) is 0 Å². The van der Waals surface area contributed by atoms with E-state index in [1.165, 1.54) is 36.9 Å². The van der Waals surface area contributed by atoms with Crippen LogP contribution in [-0.4, -0.2) is 62.1 Å². The number of anilines is 2. The number of hydrogen-bond acceptors (Lipinski definition) is 8. The van der Waals surface area contributed by atoms with Gasteiger partial charge in [-0.05, 0) is 0 Å². The number of aryl methyl sites for hydroxylation is 2. The molecular formula is C23H33N2O6PS2. The van der Waals surface area contributed by atoms with E-state index in [9.17, 15) is 19.2 Å². The summed E-state index contributed by atoms with van der Waals surface area (Å²) in [6, 6.07) is 0. The Kier molecular flexibility index (Phi) is 9.79. The summed E-state index contributed by atoms with van der Waals surface area (Å²) < 4.78 is 9.66. The molecule has 2 heterocycles. The first-order valence-corrected chi connectivity index (χ1v) is 15.4. The molecular weight excluding hydrogens is 495 g/mol. The van der Waals surface area contributed by atoms with Crippen molar-refractivity contribution in [1.82, 2.24) is 0 Å². The fourth-order valence-electron chi connectivity index (χ4n) is 3.96. The second-order valence-electron chi connectivity index (χ2n) is 8.23. The Balaban J connectivity index is 2.24. The molecule has 34 heavy (non-hydrogen) atoms. The van der Waals surface area contributed by atoms with Gasteiger partial charge >= 0.3 is 209 Å². The van der Waals surface area contributed by atoms with Gasteiger partial charge in [-0.15, -0.1) is 0 Å². The molecule has 0 aliphatic carbocycles. The number of amides is 2. The zero-order chi connectivity index (χ0) is 25.6. The van der Waals surface area contributed by atoms with Crippen molar-refractivity contribution >= 4 is 65.1 Å². The van der Waals surface area contributed by atoms with E-state index in [2.05, 4.69) is 10.6 Å². The molecule has 1 unspecified atom stereocenters. The third-order valence-corrected chi connectivity index (χ3v) is 14.5. The first-order valence-electron chi connectivity index (χ1n) is 11.0. The van der Waals surface area contributed by atoms with Crippen LogP contribution in [0, 0.1) is 13.8 Å². The molecule has 0 saturated heterocycles. The van der Waals surface area contributed by atoms with Gasteiger partial charge in [-0.25, -0.2) is 0 Å². The van der Waals surface area contributed by atoms with Crippen molar-refractivity contribution in [2.24, 2.45) is 0 Å². The van der Waals surface area contributed by atoms with Crippen LogP contribution in [0.1, 0.15) is 51.2 Å². The van der Waals surface area contributed by atoms with E-state index in [0.29, 0.717) is 21.1 Å². The van der Waals surface area contributed by atoms with E-state index < -0.39 is 19.2 Å². The van der Waals surface area contributed by atoms with Crippen molar-refractivity contribution in [3.05, 3.63) is 31.6 Å². The van der Waals surface area contributed by atoms with Gasteiger partial charge < -0.3 is 0 Å². The molecule has 0 aliphatic heterocycles. The standard InChI is InChI=1S/C23H33N2O6PS2/c1-8-32(9-2,10-16(26)24-17-13(3)11-33-19(17)22(28)30-6)15(5)21(27)25-18-14(4)12-34-20(18)23(29)31-7/h11-12,15,32H,8-10H2,1-7H3,(H,24,26)(H,25,27). The Morgan fingerprint density at radius 1 is 0.882 bits per heavy atom. The predicted molar refractivity (Wildman–Crippen MR) is 142 cm³/mol. The molecule has 0 aliphatic rings. The van der Waals surface area contributed by atoms with Gasteiger partial charge in [0.2, 0.25) is 0 Å². The molecule has 2 aromatic rings. The van der Waals surface area contributed by atoms with Crippen molar-refractivity contribution in [3.8, 4) is 0 Å². The Bertz CT molecular complexity index is 1070. The predicted octanol–water partition coefficient (Wildman–Crippen LogP) is 4.76. The number of esters is 2. The van der Waals surface area contributed by atoms with Gasteiger partial charge in [0.05, 0.1) is 0 Å². The molecule has 2 aromatic heterocycles. The van der Waals surface area contributed by atoms with Gasteiger partial charge in [0.15, 0.2) is 0 Å². The monoisotopic (exact) mass is 528 g/mol. The number of hydrogen-bond donors (Lipinski definition) is 2. The minimum atomic E-state index is -2.43. The second-order valence-corrected chi connectivity index (χ2v) is 15.4. The fraction of sp³-hybridized carbons (Fsp3) is 0.478. The molecule has 0 spiro atoms. The Morgan fingerprint density at radius 3 is 1.74 bits per heavy atom. The molecule has 0 aromatic carbocycles. The maximum absolute atomic E-state index is 13.3. The van der Waals surface area contributed by atoms with Crippen LogP contribution in [0.2, 0.25) is 0 Å².